The lowest BCUT2D eigenvalue weighted by Gasteiger charge is -2.19. The Kier molecular flexibility index (Phi) is 7.35. The second kappa shape index (κ2) is 10.8. The number of para-hydroxylation sites is 1. The minimum absolute atomic E-state index is 0.0378. The maximum Gasteiger partial charge on any atom is 0.319 e. The Hall–Kier alpha value is -4.26. The van der Waals surface area contributed by atoms with Crippen LogP contribution < -0.4 is 20.7 Å². The predicted octanol–water partition coefficient (Wildman–Crippen LogP) is 5.27. The molecule has 180 valence electrons. The monoisotopic (exact) mass is 470 g/mol. The van der Waals surface area contributed by atoms with Crippen molar-refractivity contribution in [3.63, 3.8) is 0 Å². The van der Waals surface area contributed by atoms with Crippen LogP contribution in [0.5, 0.6) is 5.75 Å². The van der Waals surface area contributed by atoms with Crippen LogP contribution in [0, 0.1) is 0 Å². The van der Waals surface area contributed by atoms with Gasteiger partial charge in [-0.3, -0.25) is 4.79 Å². The largest absolute Gasteiger partial charge is 0.497 e. The van der Waals surface area contributed by atoms with Crippen molar-refractivity contribution in [1.82, 2.24) is 15.6 Å². The van der Waals surface area contributed by atoms with Crippen LogP contribution in [-0.4, -0.2) is 36.6 Å². The molecule has 4 N–H and O–H groups in total. The van der Waals surface area contributed by atoms with E-state index >= 15 is 0 Å². The molecule has 1 heterocycles. The Morgan fingerprint density at radius 2 is 1.66 bits per heavy atom. The van der Waals surface area contributed by atoms with Gasteiger partial charge < -0.3 is 25.7 Å². The highest BCUT2D eigenvalue weighted by atomic mass is 16.5. The number of H-pyrrole nitrogens is 1. The molecular formula is C28H30N4O3. The van der Waals surface area contributed by atoms with E-state index < -0.39 is 0 Å². The summed E-state index contributed by atoms with van der Waals surface area (Å²) in [5, 5.41) is 9.74. The van der Waals surface area contributed by atoms with E-state index in [-0.39, 0.29) is 23.9 Å². The van der Waals surface area contributed by atoms with Gasteiger partial charge in [-0.15, -0.1) is 0 Å². The van der Waals surface area contributed by atoms with Gasteiger partial charge in [-0.05, 0) is 67.4 Å². The van der Waals surface area contributed by atoms with Crippen molar-refractivity contribution in [2.24, 2.45) is 0 Å². The molecule has 3 amide bonds. The van der Waals surface area contributed by atoms with Crippen LogP contribution in [-0.2, 0) is 0 Å². The van der Waals surface area contributed by atoms with E-state index in [2.05, 4.69) is 27.0 Å². The molecule has 7 heteroatoms. The molecule has 1 atom stereocenters. The number of aromatic nitrogens is 1. The first-order chi connectivity index (χ1) is 16.9. The van der Waals surface area contributed by atoms with Crippen molar-refractivity contribution < 1.29 is 14.3 Å². The number of carbonyl (C=O) groups is 2. The van der Waals surface area contributed by atoms with Crippen LogP contribution in [0.3, 0.4) is 0 Å². The fourth-order valence-electron chi connectivity index (χ4n) is 4.06. The van der Waals surface area contributed by atoms with Gasteiger partial charge in [0.05, 0.1) is 7.11 Å². The van der Waals surface area contributed by atoms with Crippen molar-refractivity contribution in [3.8, 4) is 5.75 Å². The number of aromatic amines is 1. The highest BCUT2D eigenvalue weighted by Gasteiger charge is 2.20. The maximum absolute atomic E-state index is 13.0. The second-order valence-corrected chi connectivity index (χ2v) is 8.66. The van der Waals surface area contributed by atoms with Crippen molar-refractivity contribution in [2.75, 3.05) is 19.0 Å². The lowest BCUT2D eigenvalue weighted by atomic mass is 9.90. The van der Waals surface area contributed by atoms with Crippen molar-refractivity contribution in [1.29, 1.82) is 0 Å². The van der Waals surface area contributed by atoms with Crippen LogP contribution in [0.15, 0.2) is 79.0 Å². The molecule has 0 aliphatic rings. The lowest BCUT2D eigenvalue weighted by molar-refractivity contribution is 0.0952. The predicted molar refractivity (Wildman–Crippen MR) is 139 cm³/mol. The Labute approximate surface area is 204 Å². The Balaban J connectivity index is 1.50. The van der Waals surface area contributed by atoms with Gasteiger partial charge >= 0.3 is 6.03 Å². The summed E-state index contributed by atoms with van der Waals surface area (Å²) >= 11 is 0. The fraction of sp³-hybridized carbons (Fsp3) is 0.214. The molecule has 0 bridgehead atoms. The minimum atomic E-state index is -0.279. The van der Waals surface area contributed by atoms with Crippen LogP contribution >= 0.6 is 0 Å². The first-order valence-corrected chi connectivity index (χ1v) is 11.6. The molecule has 0 spiro atoms. The number of hydrogen-bond acceptors (Lipinski definition) is 3. The van der Waals surface area contributed by atoms with Crippen LogP contribution in [0.2, 0.25) is 0 Å². The SMILES string of the molecule is COc1ccc(C(CNC(=O)c2ccc(NC(=O)NC(C)C)cc2)c2c[nH]c3ccccc23)cc1. The van der Waals surface area contributed by atoms with Gasteiger partial charge in [0.15, 0.2) is 0 Å². The number of anilines is 1. The summed E-state index contributed by atoms with van der Waals surface area (Å²) < 4.78 is 5.31. The smallest absolute Gasteiger partial charge is 0.319 e. The van der Waals surface area contributed by atoms with Gasteiger partial charge in [0.2, 0.25) is 0 Å². The van der Waals surface area contributed by atoms with Gasteiger partial charge in [0, 0.05) is 46.9 Å². The standard InChI is InChI=1S/C28H30N4O3/c1-18(2)31-28(34)32-21-12-8-20(9-13-21)27(33)30-16-24(19-10-14-22(35-3)15-11-19)25-17-29-26-7-5-4-6-23(25)26/h4-15,17-18,24,29H,16H2,1-3H3,(H,30,33)(H2,31,32,34). The minimum Gasteiger partial charge on any atom is -0.497 e. The van der Waals surface area contributed by atoms with Crippen molar-refractivity contribution >= 4 is 28.5 Å². The van der Waals surface area contributed by atoms with E-state index in [4.69, 9.17) is 4.74 Å². The fourth-order valence-corrected chi connectivity index (χ4v) is 4.06. The van der Waals surface area contributed by atoms with E-state index in [0.717, 1.165) is 27.8 Å². The molecule has 0 aliphatic carbocycles. The van der Waals surface area contributed by atoms with Crippen LogP contribution in [0.4, 0.5) is 10.5 Å². The summed E-state index contributed by atoms with van der Waals surface area (Å²) in [7, 11) is 1.64. The first kappa shape index (κ1) is 23.9. The molecule has 3 aromatic carbocycles. The normalized spacial score (nSPS) is 11.8. The molecule has 0 aliphatic heterocycles. The number of hydrogen-bond donors (Lipinski definition) is 4. The van der Waals surface area contributed by atoms with E-state index in [1.165, 1.54) is 0 Å². The zero-order valence-electron chi connectivity index (χ0n) is 20.1. The lowest BCUT2D eigenvalue weighted by Crippen LogP contribution is -2.34. The van der Waals surface area contributed by atoms with Crippen LogP contribution in [0.1, 0.15) is 41.3 Å². The molecule has 4 aromatic rings. The van der Waals surface area contributed by atoms with E-state index in [1.54, 1.807) is 31.4 Å². The van der Waals surface area contributed by atoms with Gasteiger partial charge in [-0.25, -0.2) is 4.79 Å². The van der Waals surface area contributed by atoms with Crippen molar-refractivity contribution in [2.45, 2.75) is 25.8 Å². The molecule has 1 unspecified atom stereocenters. The average molecular weight is 471 g/mol. The summed E-state index contributed by atoms with van der Waals surface area (Å²) in [5.74, 6) is 0.550. The summed E-state index contributed by atoms with van der Waals surface area (Å²) in [6.07, 6.45) is 2.01. The summed E-state index contributed by atoms with van der Waals surface area (Å²) in [5.41, 5.74) is 4.38. The quantitative estimate of drug-likeness (QED) is 0.283. The van der Waals surface area contributed by atoms with E-state index in [0.29, 0.717) is 17.8 Å². The summed E-state index contributed by atoms with van der Waals surface area (Å²) in [4.78, 5) is 28.2. The molecular weight excluding hydrogens is 440 g/mol. The number of benzene rings is 3. The third kappa shape index (κ3) is 5.81. The summed E-state index contributed by atoms with van der Waals surface area (Å²) in [6, 6.07) is 22.7. The van der Waals surface area contributed by atoms with E-state index in [1.807, 2.05) is 62.5 Å². The molecule has 0 saturated carbocycles. The topological polar surface area (TPSA) is 95.2 Å². The highest BCUT2D eigenvalue weighted by molar-refractivity contribution is 5.95. The molecule has 4 rings (SSSR count). The Bertz CT molecular complexity index is 1290. The highest BCUT2D eigenvalue weighted by Crippen LogP contribution is 2.31. The van der Waals surface area contributed by atoms with Crippen LogP contribution in [0.25, 0.3) is 10.9 Å². The number of ether oxygens (including phenoxy) is 1. The number of amides is 3. The van der Waals surface area contributed by atoms with Crippen molar-refractivity contribution in [3.05, 3.63) is 95.7 Å². The van der Waals surface area contributed by atoms with Gasteiger partial charge in [0.25, 0.3) is 5.91 Å². The number of methoxy groups -OCH3 is 1. The third-order valence-electron chi connectivity index (χ3n) is 5.81. The Morgan fingerprint density at radius 3 is 2.34 bits per heavy atom. The molecule has 0 fully saturated rings. The zero-order chi connectivity index (χ0) is 24.8. The molecule has 0 saturated heterocycles. The van der Waals surface area contributed by atoms with Gasteiger partial charge in [0.1, 0.15) is 5.75 Å². The number of urea groups is 1. The number of nitrogens with one attached hydrogen (secondary N) is 4. The summed E-state index contributed by atoms with van der Waals surface area (Å²) in [6.45, 7) is 4.20. The van der Waals surface area contributed by atoms with Gasteiger partial charge in [-0.2, -0.15) is 0 Å². The zero-order valence-corrected chi connectivity index (χ0v) is 20.1. The maximum atomic E-state index is 13.0. The molecule has 35 heavy (non-hydrogen) atoms. The number of rotatable bonds is 8. The molecule has 7 nitrogen and oxygen atoms in total. The van der Waals surface area contributed by atoms with Gasteiger partial charge in [-0.1, -0.05) is 30.3 Å². The molecule has 0 radical (unpaired) electrons. The Morgan fingerprint density at radius 1 is 0.943 bits per heavy atom. The number of carbonyl (C=O) groups excluding carboxylic acids is 2. The molecule has 1 aromatic heterocycles. The average Bonchev–Trinajstić information content (AvgIpc) is 3.28. The third-order valence-corrected chi connectivity index (χ3v) is 5.81. The second-order valence-electron chi connectivity index (χ2n) is 8.66. The van der Waals surface area contributed by atoms with E-state index in [9.17, 15) is 9.59 Å². The number of fused-ring (bicyclic) bond motifs is 1. The first-order valence-electron chi connectivity index (χ1n) is 11.6.